The molecule has 0 bridgehead atoms. The molecule has 0 atom stereocenters. The van der Waals surface area contributed by atoms with E-state index in [-0.39, 0.29) is 21.2 Å². The van der Waals surface area contributed by atoms with Gasteiger partial charge in [-0.05, 0) is 0 Å². The first-order chi connectivity index (χ1) is 4.34. The van der Waals surface area contributed by atoms with Gasteiger partial charge in [-0.2, -0.15) is 0 Å². The Labute approximate surface area is 65.0 Å². The van der Waals surface area contributed by atoms with Gasteiger partial charge in [-0.15, -0.1) is 0 Å². The van der Waals surface area contributed by atoms with Crippen LogP contribution < -0.4 is 21.2 Å². The summed E-state index contributed by atoms with van der Waals surface area (Å²) in [5.74, 6) is 0.452. The molecular weight excluding hydrogens is 227 g/mol. The fourth-order valence-electron chi connectivity index (χ4n) is 0.612. The van der Waals surface area contributed by atoms with Crippen LogP contribution in [0.4, 0.5) is 0 Å². The second-order valence-corrected chi connectivity index (χ2v) is 3.88. The Balaban J connectivity index is 3.01. The summed E-state index contributed by atoms with van der Waals surface area (Å²) in [5, 5.41) is 9.14. The Morgan fingerprint density at radius 1 is 1.33 bits per heavy atom. The summed E-state index contributed by atoms with van der Waals surface area (Å²) >= 11 is 0.0376. The van der Waals surface area contributed by atoms with Crippen LogP contribution in [0, 0.1) is 3.57 Å². The van der Waals surface area contributed by atoms with Crippen LogP contribution in [0.15, 0.2) is 24.3 Å². The van der Waals surface area contributed by atoms with Crippen LogP contribution in [0.25, 0.3) is 0 Å². The Kier molecular flexibility index (Phi) is 2.33. The van der Waals surface area contributed by atoms with Crippen molar-refractivity contribution in [3.05, 3.63) is 27.8 Å². The molecule has 0 amide bonds. The summed E-state index contributed by atoms with van der Waals surface area (Å²) in [6, 6.07) is 7.51. The molecule has 0 spiro atoms. The van der Waals surface area contributed by atoms with Crippen molar-refractivity contribution in [3.8, 4) is 5.75 Å². The van der Waals surface area contributed by atoms with Gasteiger partial charge in [0.05, 0.1) is 0 Å². The van der Waals surface area contributed by atoms with E-state index in [1.54, 1.807) is 6.07 Å². The maximum atomic E-state index is 9.14. The number of hydrogen-bond acceptors (Lipinski definition) is 1. The van der Waals surface area contributed by atoms with Crippen molar-refractivity contribution >= 4 is 0 Å². The van der Waals surface area contributed by atoms with Crippen LogP contribution in [0.2, 0.25) is 0 Å². The normalized spacial score (nSPS) is 9.89. The zero-order chi connectivity index (χ0) is 6.69. The number of benzene rings is 1. The predicted octanol–water partition coefficient (Wildman–Crippen LogP) is -1.72. The SMILES string of the molecule is C[I-]c1ccccc1O. The maximum absolute atomic E-state index is 9.14. The standard InChI is InChI=1S/C7H8IO/c1-8-6-4-2-3-5-7(6)9/h2-5,9H,1H3/q-1. The van der Waals surface area contributed by atoms with Crippen LogP contribution in [-0.2, 0) is 0 Å². The Morgan fingerprint density at radius 2 is 2.00 bits per heavy atom. The molecular formula is C7H8IO-. The number of aromatic hydroxyl groups is 1. The first-order valence-corrected chi connectivity index (χ1v) is 5.85. The Hall–Kier alpha value is -0.250. The van der Waals surface area contributed by atoms with Crippen molar-refractivity contribution in [2.24, 2.45) is 0 Å². The molecule has 0 unspecified atom stereocenters. The molecule has 0 saturated carbocycles. The second kappa shape index (κ2) is 3.06. The van der Waals surface area contributed by atoms with Crippen molar-refractivity contribution in [2.45, 2.75) is 0 Å². The van der Waals surface area contributed by atoms with E-state index in [2.05, 4.69) is 4.93 Å². The molecule has 0 radical (unpaired) electrons. The molecule has 0 aliphatic heterocycles. The van der Waals surface area contributed by atoms with Crippen molar-refractivity contribution in [1.29, 1.82) is 0 Å². The number of phenolic OH excluding ortho intramolecular Hbond substituents is 1. The first kappa shape index (κ1) is 6.86. The molecule has 1 aromatic carbocycles. The van der Waals surface area contributed by atoms with E-state index >= 15 is 0 Å². The van der Waals surface area contributed by atoms with E-state index in [0.29, 0.717) is 5.75 Å². The number of rotatable bonds is 1. The fourth-order valence-corrected chi connectivity index (χ4v) is 1.91. The van der Waals surface area contributed by atoms with Gasteiger partial charge in [0.15, 0.2) is 0 Å². The number of halogens is 1. The van der Waals surface area contributed by atoms with Gasteiger partial charge in [-0.1, -0.05) is 0 Å². The third-order valence-electron chi connectivity index (χ3n) is 1.06. The fraction of sp³-hybridized carbons (Fsp3) is 0.143. The summed E-state index contributed by atoms with van der Waals surface area (Å²) in [6.07, 6.45) is 0. The molecule has 9 heavy (non-hydrogen) atoms. The predicted molar refractivity (Wildman–Crippen MR) is 32.7 cm³/mol. The zero-order valence-corrected chi connectivity index (χ0v) is 7.29. The molecule has 1 nitrogen and oxygen atoms in total. The average Bonchev–Trinajstić information content (AvgIpc) is 1.89. The molecule has 1 rings (SSSR count). The van der Waals surface area contributed by atoms with Crippen LogP contribution >= 0.6 is 0 Å². The van der Waals surface area contributed by atoms with Gasteiger partial charge in [0.2, 0.25) is 0 Å². The van der Waals surface area contributed by atoms with Gasteiger partial charge in [0, 0.05) is 0 Å². The van der Waals surface area contributed by atoms with Crippen molar-refractivity contribution in [1.82, 2.24) is 0 Å². The quantitative estimate of drug-likeness (QED) is 0.453. The van der Waals surface area contributed by atoms with Crippen LogP contribution in [0.3, 0.4) is 0 Å². The number of para-hydroxylation sites is 1. The van der Waals surface area contributed by atoms with Crippen LogP contribution in [0.1, 0.15) is 0 Å². The molecule has 50 valence electrons. The number of phenols is 1. The van der Waals surface area contributed by atoms with Gasteiger partial charge < -0.3 is 0 Å². The van der Waals surface area contributed by atoms with Gasteiger partial charge in [0.25, 0.3) is 0 Å². The van der Waals surface area contributed by atoms with E-state index in [4.69, 9.17) is 5.11 Å². The Bertz CT molecular complexity index is 198. The molecule has 0 aliphatic carbocycles. The summed E-state index contributed by atoms with van der Waals surface area (Å²) in [6.45, 7) is 0. The molecule has 2 heteroatoms. The molecule has 0 fully saturated rings. The molecule has 0 aromatic heterocycles. The van der Waals surface area contributed by atoms with Crippen molar-refractivity contribution in [2.75, 3.05) is 4.93 Å². The monoisotopic (exact) mass is 235 g/mol. The Morgan fingerprint density at radius 3 is 2.44 bits per heavy atom. The van der Waals surface area contributed by atoms with Gasteiger partial charge in [-0.3, -0.25) is 0 Å². The summed E-state index contributed by atoms with van der Waals surface area (Å²) in [7, 11) is 0. The molecule has 1 aromatic rings. The first-order valence-electron chi connectivity index (χ1n) is 2.62. The van der Waals surface area contributed by atoms with E-state index in [9.17, 15) is 0 Å². The van der Waals surface area contributed by atoms with E-state index in [0.717, 1.165) is 3.57 Å². The summed E-state index contributed by atoms with van der Waals surface area (Å²) in [4.78, 5) is 2.13. The molecule has 0 saturated heterocycles. The van der Waals surface area contributed by atoms with Crippen LogP contribution in [-0.4, -0.2) is 10.0 Å². The number of hydrogen-bond donors (Lipinski definition) is 1. The third kappa shape index (κ3) is 1.58. The van der Waals surface area contributed by atoms with Crippen molar-refractivity contribution < 1.29 is 26.3 Å². The number of alkyl halides is 1. The summed E-state index contributed by atoms with van der Waals surface area (Å²) in [5.41, 5.74) is 0. The third-order valence-corrected chi connectivity index (χ3v) is 3.13. The van der Waals surface area contributed by atoms with Crippen LogP contribution in [0.5, 0.6) is 5.75 Å². The zero-order valence-electron chi connectivity index (χ0n) is 5.13. The molecule has 0 aliphatic rings. The summed E-state index contributed by atoms with van der Waals surface area (Å²) < 4.78 is 1.12. The van der Waals surface area contributed by atoms with Gasteiger partial charge >= 0.3 is 64.8 Å². The van der Waals surface area contributed by atoms with Gasteiger partial charge in [0.1, 0.15) is 0 Å². The molecule has 1 N–H and O–H groups in total. The minimum atomic E-state index is 0.0376. The van der Waals surface area contributed by atoms with Crippen molar-refractivity contribution in [3.63, 3.8) is 0 Å². The minimum absolute atomic E-state index is 0.0376. The van der Waals surface area contributed by atoms with E-state index < -0.39 is 0 Å². The van der Waals surface area contributed by atoms with E-state index in [1.807, 2.05) is 18.2 Å². The second-order valence-electron chi connectivity index (χ2n) is 1.64. The topological polar surface area (TPSA) is 20.2 Å². The molecule has 0 heterocycles. The average molecular weight is 235 g/mol. The van der Waals surface area contributed by atoms with Gasteiger partial charge in [-0.25, -0.2) is 0 Å². The van der Waals surface area contributed by atoms with E-state index in [1.165, 1.54) is 0 Å².